The summed E-state index contributed by atoms with van der Waals surface area (Å²) < 4.78 is 5.20. The summed E-state index contributed by atoms with van der Waals surface area (Å²) in [5.41, 5.74) is 0.850. The Morgan fingerprint density at radius 1 is 1.21 bits per heavy atom. The molecule has 0 spiro atoms. The van der Waals surface area contributed by atoms with E-state index in [1.165, 1.54) is 6.42 Å². The molecule has 1 N–H and O–H groups in total. The average Bonchev–Trinajstić information content (AvgIpc) is 3.02. The lowest BCUT2D eigenvalue weighted by molar-refractivity contribution is -0.121. The number of carbonyl (C=O) groups is 1. The zero-order chi connectivity index (χ0) is 17.4. The fourth-order valence-corrected chi connectivity index (χ4v) is 2.45. The number of aromatic nitrogens is 3. The predicted octanol–water partition coefficient (Wildman–Crippen LogP) is 3.40. The van der Waals surface area contributed by atoms with E-state index >= 15 is 0 Å². The maximum absolute atomic E-state index is 12.0. The van der Waals surface area contributed by atoms with Crippen molar-refractivity contribution in [3.8, 4) is 11.4 Å². The van der Waals surface area contributed by atoms with Gasteiger partial charge in [-0.25, -0.2) is 0 Å². The first kappa shape index (κ1) is 18.1. The van der Waals surface area contributed by atoms with Gasteiger partial charge >= 0.3 is 0 Å². The Balaban J connectivity index is 1.73. The zero-order valence-corrected chi connectivity index (χ0v) is 14.7. The highest BCUT2D eigenvalue weighted by atomic mass is 16.5. The van der Waals surface area contributed by atoms with Crippen LogP contribution in [0.1, 0.15) is 52.3 Å². The van der Waals surface area contributed by atoms with Crippen molar-refractivity contribution in [3.05, 3.63) is 30.4 Å². The summed E-state index contributed by atoms with van der Waals surface area (Å²) in [4.78, 5) is 20.3. The second-order valence-corrected chi connectivity index (χ2v) is 6.54. The Labute approximate surface area is 143 Å². The van der Waals surface area contributed by atoms with Gasteiger partial charge in [-0.2, -0.15) is 4.98 Å². The standard InChI is InChI=1S/C18H26N4O2/c1-13(2)5-4-6-14(3)20-16(23)7-8-17-21-18(22-24-17)15-9-11-19-12-10-15/h9-14H,4-8H2,1-3H3,(H,20,23). The highest BCUT2D eigenvalue weighted by molar-refractivity contribution is 5.76. The Bertz CT molecular complexity index is 625. The molecule has 0 bridgehead atoms. The Morgan fingerprint density at radius 2 is 1.96 bits per heavy atom. The van der Waals surface area contributed by atoms with Gasteiger partial charge in [-0.05, 0) is 31.4 Å². The van der Waals surface area contributed by atoms with Crippen LogP contribution in [0.2, 0.25) is 0 Å². The van der Waals surface area contributed by atoms with Crippen LogP contribution >= 0.6 is 0 Å². The fourth-order valence-electron chi connectivity index (χ4n) is 2.45. The molecule has 0 aliphatic carbocycles. The molecular formula is C18H26N4O2. The smallest absolute Gasteiger partial charge is 0.227 e. The summed E-state index contributed by atoms with van der Waals surface area (Å²) in [5, 5.41) is 6.96. The van der Waals surface area contributed by atoms with Gasteiger partial charge in [-0.15, -0.1) is 0 Å². The number of aryl methyl sites for hydroxylation is 1. The van der Waals surface area contributed by atoms with E-state index in [0.717, 1.165) is 18.4 Å². The fraction of sp³-hybridized carbons (Fsp3) is 0.556. The van der Waals surface area contributed by atoms with E-state index in [1.54, 1.807) is 12.4 Å². The van der Waals surface area contributed by atoms with Crippen LogP contribution < -0.4 is 5.32 Å². The Kier molecular flexibility index (Phi) is 6.90. The molecule has 0 saturated heterocycles. The molecule has 1 atom stereocenters. The van der Waals surface area contributed by atoms with Crippen LogP contribution in [0, 0.1) is 5.92 Å². The van der Waals surface area contributed by atoms with Gasteiger partial charge in [-0.1, -0.05) is 31.8 Å². The van der Waals surface area contributed by atoms with Gasteiger partial charge in [0.1, 0.15) is 0 Å². The molecule has 2 heterocycles. The molecule has 0 saturated carbocycles. The van der Waals surface area contributed by atoms with E-state index in [0.29, 0.717) is 30.5 Å². The lowest BCUT2D eigenvalue weighted by Crippen LogP contribution is -2.32. The molecular weight excluding hydrogens is 304 g/mol. The number of pyridine rings is 1. The van der Waals surface area contributed by atoms with Crippen molar-refractivity contribution in [2.24, 2.45) is 5.92 Å². The third kappa shape index (κ3) is 6.10. The monoisotopic (exact) mass is 330 g/mol. The number of hydrogen-bond donors (Lipinski definition) is 1. The largest absolute Gasteiger partial charge is 0.354 e. The van der Waals surface area contributed by atoms with Crippen molar-refractivity contribution >= 4 is 5.91 Å². The molecule has 130 valence electrons. The van der Waals surface area contributed by atoms with E-state index in [9.17, 15) is 4.79 Å². The first-order valence-electron chi connectivity index (χ1n) is 8.57. The van der Waals surface area contributed by atoms with Crippen molar-refractivity contribution in [3.63, 3.8) is 0 Å². The first-order chi connectivity index (χ1) is 11.5. The van der Waals surface area contributed by atoms with E-state index in [1.807, 2.05) is 19.1 Å². The highest BCUT2D eigenvalue weighted by Gasteiger charge is 2.12. The van der Waals surface area contributed by atoms with Gasteiger partial charge in [0.2, 0.25) is 17.6 Å². The number of hydrogen-bond acceptors (Lipinski definition) is 5. The van der Waals surface area contributed by atoms with Crippen LogP contribution in [-0.2, 0) is 11.2 Å². The summed E-state index contributed by atoms with van der Waals surface area (Å²) in [7, 11) is 0. The van der Waals surface area contributed by atoms with Gasteiger partial charge < -0.3 is 9.84 Å². The first-order valence-corrected chi connectivity index (χ1v) is 8.57. The molecule has 1 amide bonds. The molecule has 2 aromatic rings. The van der Waals surface area contributed by atoms with Gasteiger partial charge in [0.15, 0.2) is 0 Å². The van der Waals surface area contributed by atoms with Crippen LogP contribution in [0.3, 0.4) is 0 Å². The van der Waals surface area contributed by atoms with E-state index in [2.05, 4.69) is 34.3 Å². The molecule has 2 aromatic heterocycles. The van der Waals surface area contributed by atoms with E-state index in [-0.39, 0.29) is 11.9 Å². The second-order valence-electron chi connectivity index (χ2n) is 6.54. The number of rotatable bonds is 9. The number of carbonyl (C=O) groups excluding carboxylic acids is 1. The lowest BCUT2D eigenvalue weighted by Gasteiger charge is -2.14. The molecule has 2 rings (SSSR count). The van der Waals surface area contributed by atoms with Gasteiger partial charge in [0.05, 0.1) is 0 Å². The molecule has 0 aromatic carbocycles. The molecule has 0 aliphatic heterocycles. The van der Waals surface area contributed by atoms with Crippen LogP contribution in [0.15, 0.2) is 29.0 Å². The van der Waals surface area contributed by atoms with E-state index < -0.39 is 0 Å². The minimum absolute atomic E-state index is 0.0238. The van der Waals surface area contributed by atoms with Crippen LogP contribution in [0.4, 0.5) is 0 Å². The van der Waals surface area contributed by atoms with Crippen molar-refractivity contribution < 1.29 is 9.32 Å². The number of amides is 1. The molecule has 6 heteroatoms. The molecule has 6 nitrogen and oxygen atoms in total. The highest BCUT2D eigenvalue weighted by Crippen LogP contribution is 2.14. The molecule has 24 heavy (non-hydrogen) atoms. The summed E-state index contributed by atoms with van der Waals surface area (Å²) in [6, 6.07) is 3.84. The summed E-state index contributed by atoms with van der Waals surface area (Å²) in [6.45, 7) is 6.48. The predicted molar refractivity (Wildman–Crippen MR) is 92.1 cm³/mol. The van der Waals surface area contributed by atoms with Gasteiger partial charge in [0.25, 0.3) is 0 Å². The minimum Gasteiger partial charge on any atom is -0.354 e. The zero-order valence-electron chi connectivity index (χ0n) is 14.7. The second kappa shape index (κ2) is 9.15. The maximum Gasteiger partial charge on any atom is 0.227 e. The van der Waals surface area contributed by atoms with E-state index in [4.69, 9.17) is 4.52 Å². The summed E-state index contributed by atoms with van der Waals surface area (Å²) in [6.07, 6.45) is 7.50. The van der Waals surface area contributed by atoms with Crippen molar-refractivity contribution in [1.29, 1.82) is 0 Å². The van der Waals surface area contributed by atoms with Gasteiger partial charge in [0, 0.05) is 36.8 Å². The molecule has 0 aliphatic rings. The Hall–Kier alpha value is -2.24. The summed E-state index contributed by atoms with van der Waals surface area (Å²) >= 11 is 0. The normalized spacial score (nSPS) is 12.3. The van der Waals surface area contributed by atoms with Crippen LogP contribution in [0.25, 0.3) is 11.4 Å². The van der Waals surface area contributed by atoms with Crippen molar-refractivity contribution in [2.45, 2.75) is 58.9 Å². The minimum atomic E-state index is 0.0238. The third-order valence-corrected chi connectivity index (χ3v) is 3.80. The number of nitrogens with one attached hydrogen (secondary N) is 1. The SMILES string of the molecule is CC(C)CCCC(C)NC(=O)CCc1nc(-c2ccncc2)no1. The summed E-state index contributed by atoms with van der Waals surface area (Å²) in [5.74, 6) is 1.73. The molecule has 0 radical (unpaired) electrons. The van der Waals surface area contributed by atoms with Crippen molar-refractivity contribution in [1.82, 2.24) is 20.4 Å². The Morgan fingerprint density at radius 3 is 2.67 bits per heavy atom. The average molecular weight is 330 g/mol. The third-order valence-electron chi connectivity index (χ3n) is 3.80. The van der Waals surface area contributed by atoms with Crippen LogP contribution in [-0.4, -0.2) is 27.1 Å². The maximum atomic E-state index is 12.0. The number of nitrogens with zero attached hydrogens (tertiary/aromatic N) is 3. The van der Waals surface area contributed by atoms with Crippen molar-refractivity contribution in [2.75, 3.05) is 0 Å². The topological polar surface area (TPSA) is 80.9 Å². The molecule has 1 unspecified atom stereocenters. The quantitative estimate of drug-likeness (QED) is 0.762. The van der Waals surface area contributed by atoms with Crippen LogP contribution in [0.5, 0.6) is 0 Å². The molecule has 0 fully saturated rings. The lowest BCUT2D eigenvalue weighted by atomic mass is 10.0. The van der Waals surface area contributed by atoms with Gasteiger partial charge in [-0.3, -0.25) is 9.78 Å².